The molecule has 1 aliphatic rings. The first-order valence-electron chi connectivity index (χ1n) is 9.42. The quantitative estimate of drug-likeness (QED) is 0.638. The zero-order valence-electron chi connectivity index (χ0n) is 16.3. The van der Waals surface area contributed by atoms with Crippen LogP contribution in [-0.4, -0.2) is 51.6 Å². The Labute approximate surface area is 173 Å². The van der Waals surface area contributed by atoms with Crippen molar-refractivity contribution in [3.05, 3.63) is 54.7 Å². The highest BCUT2D eigenvalue weighted by molar-refractivity contribution is 7.89. The summed E-state index contributed by atoms with van der Waals surface area (Å²) >= 11 is 0. The molecular weight excluding hydrogens is 411 g/mol. The molecule has 1 N–H and O–H groups in total. The van der Waals surface area contributed by atoms with Crippen molar-refractivity contribution in [1.82, 2.24) is 24.1 Å². The number of anilines is 1. The molecule has 1 saturated heterocycles. The van der Waals surface area contributed by atoms with E-state index in [4.69, 9.17) is 4.74 Å². The normalized spacial score (nSPS) is 15.8. The molecule has 11 heteroatoms. The molecule has 9 nitrogen and oxygen atoms in total. The summed E-state index contributed by atoms with van der Waals surface area (Å²) in [5.74, 6) is 0.845. The molecule has 3 heterocycles. The number of benzene rings is 1. The first-order valence-corrected chi connectivity index (χ1v) is 10.9. The second kappa shape index (κ2) is 8.36. The van der Waals surface area contributed by atoms with Gasteiger partial charge >= 0.3 is 0 Å². The van der Waals surface area contributed by atoms with Gasteiger partial charge in [0, 0.05) is 44.6 Å². The maximum absolute atomic E-state index is 13.0. The molecule has 0 saturated carbocycles. The summed E-state index contributed by atoms with van der Waals surface area (Å²) < 4.78 is 47.0. The summed E-state index contributed by atoms with van der Waals surface area (Å²) in [7, 11) is -1.85. The lowest BCUT2D eigenvalue weighted by Gasteiger charge is -2.31. The molecule has 4 rings (SSSR count). The van der Waals surface area contributed by atoms with Crippen LogP contribution >= 0.6 is 0 Å². The predicted molar refractivity (Wildman–Crippen MR) is 107 cm³/mol. The van der Waals surface area contributed by atoms with Crippen molar-refractivity contribution in [3.8, 4) is 11.6 Å². The molecule has 1 fully saturated rings. The van der Waals surface area contributed by atoms with Crippen LogP contribution in [-0.2, 0) is 17.1 Å². The van der Waals surface area contributed by atoms with E-state index >= 15 is 0 Å². The maximum Gasteiger partial charge on any atom is 0.246 e. The third kappa shape index (κ3) is 4.57. The molecule has 1 aliphatic heterocycles. The van der Waals surface area contributed by atoms with Crippen molar-refractivity contribution in [3.63, 3.8) is 0 Å². The summed E-state index contributed by atoms with van der Waals surface area (Å²) in [6, 6.07) is 7.29. The summed E-state index contributed by atoms with van der Waals surface area (Å²) in [4.78, 5) is 8.72. The summed E-state index contributed by atoms with van der Waals surface area (Å²) in [5.41, 5.74) is 0. The third-order valence-electron chi connectivity index (χ3n) is 4.77. The van der Waals surface area contributed by atoms with Gasteiger partial charge in [0.25, 0.3) is 0 Å². The minimum Gasteiger partial charge on any atom is -0.439 e. The molecular formula is C19H21FN6O3S. The molecule has 0 radical (unpaired) electrons. The highest BCUT2D eigenvalue weighted by atomic mass is 32.2. The number of rotatable bonds is 6. The fourth-order valence-electron chi connectivity index (χ4n) is 3.20. The lowest BCUT2D eigenvalue weighted by molar-refractivity contribution is 0.329. The van der Waals surface area contributed by atoms with Gasteiger partial charge in [-0.2, -0.15) is 14.4 Å². The lowest BCUT2D eigenvalue weighted by atomic mass is 10.1. The fraction of sp³-hybridized carbons (Fsp3) is 0.316. The standard InChI is InChI=1S/C19H21FN6O3S/c1-25-13-17(12-22-25)30(27,28)26-10-7-15(8-11-26)23-19-21-9-6-18(24-19)29-16-4-2-14(20)3-5-16/h2-6,9,12-13,15H,7-8,10-11H2,1H3,(H,21,23,24). The maximum atomic E-state index is 13.0. The van der Waals surface area contributed by atoms with Crippen molar-refractivity contribution in [2.45, 2.75) is 23.8 Å². The van der Waals surface area contributed by atoms with Crippen LogP contribution in [0.15, 0.2) is 53.8 Å². The van der Waals surface area contributed by atoms with E-state index in [2.05, 4.69) is 20.4 Å². The number of ether oxygens (including phenoxy) is 1. The van der Waals surface area contributed by atoms with E-state index < -0.39 is 10.0 Å². The smallest absolute Gasteiger partial charge is 0.246 e. The Morgan fingerprint density at radius 3 is 2.57 bits per heavy atom. The molecule has 158 valence electrons. The zero-order valence-corrected chi connectivity index (χ0v) is 17.1. The van der Waals surface area contributed by atoms with Gasteiger partial charge in [0.15, 0.2) is 0 Å². The van der Waals surface area contributed by atoms with Crippen LogP contribution in [0.5, 0.6) is 11.6 Å². The van der Waals surface area contributed by atoms with Crippen LogP contribution in [0.2, 0.25) is 0 Å². The Balaban J connectivity index is 1.35. The molecule has 0 bridgehead atoms. The van der Waals surface area contributed by atoms with Gasteiger partial charge in [0.1, 0.15) is 16.5 Å². The number of nitrogens with one attached hydrogen (secondary N) is 1. The number of hydrogen-bond donors (Lipinski definition) is 1. The van der Waals surface area contributed by atoms with Gasteiger partial charge in [-0.15, -0.1) is 0 Å². The molecule has 30 heavy (non-hydrogen) atoms. The molecule has 0 unspecified atom stereocenters. The van der Waals surface area contributed by atoms with Crippen molar-refractivity contribution in [2.24, 2.45) is 7.05 Å². The molecule has 2 aromatic heterocycles. The van der Waals surface area contributed by atoms with Crippen LogP contribution in [0, 0.1) is 5.82 Å². The molecule has 0 atom stereocenters. The minimum absolute atomic E-state index is 0.0337. The van der Waals surface area contributed by atoms with E-state index in [-0.39, 0.29) is 16.8 Å². The largest absolute Gasteiger partial charge is 0.439 e. The second-order valence-electron chi connectivity index (χ2n) is 6.95. The number of sulfonamides is 1. The highest BCUT2D eigenvalue weighted by Gasteiger charge is 2.30. The van der Waals surface area contributed by atoms with Crippen molar-refractivity contribution in [2.75, 3.05) is 18.4 Å². The molecule has 0 amide bonds. The van der Waals surface area contributed by atoms with E-state index in [0.717, 1.165) is 0 Å². The van der Waals surface area contributed by atoms with Crippen LogP contribution in [0.3, 0.4) is 0 Å². The van der Waals surface area contributed by atoms with E-state index in [9.17, 15) is 12.8 Å². The van der Waals surface area contributed by atoms with Gasteiger partial charge in [-0.05, 0) is 37.1 Å². The van der Waals surface area contributed by atoms with E-state index in [1.807, 2.05) is 0 Å². The monoisotopic (exact) mass is 432 g/mol. The summed E-state index contributed by atoms with van der Waals surface area (Å²) in [6.07, 6.45) is 5.66. The van der Waals surface area contributed by atoms with E-state index in [0.29, 0.717) is 43.5 Å². The summed E-state index contributed by atoms with van der Waals surface area (Å²) in [5, 5.41) is 7.17. The number of nitrogens with zero attached hydrogens (tertiary/aromatic N) is 5. The molecule has 1 aromatic carbocycles. The third-order valence-corrected chi connectivity index (χ3v) is 6.62. The lowest BCUT2D eigenvalue weighted by Crippen LogP contribution is -2.42. The van der Waals surface area contributed by atoms with Crippen LogP contribution in [0.1, 0.15) is 12.8 Å². The SMILES string of the molecule is Cn1cc(S(=O)(=O)N2CCC(Nc3nccc(Oc4ccc(F)cc4)n3)CC2)cn1. The number of hydrogen-bond acceptors (Lipinski definition) is 7. The van der Waals surface area contributed by atoms with Crippen LogP contribution in [0.4, 0.5) is 10.3 Å². The van der Waals surface area contributed by atoms with Crippen LogP contribution in [0.25, 0.3) is 0 Å². The Hall–Kier alpha value is -3.05. The van der Waals surface area contributed by atoms with Crippen LogP contribution < -0.4 is 10.1 Å². The number of halogens is 1. The number of aromatic nitrogens is 4. The van der Waals surface area contributed by atoms with Crippen molar-refractivity contribution in [1.29, 1.82) is 0 Å². The number of aryl methyl sites for hydroxylation is 1. The molecule has 0 aliphatic carbocycles. The van der Waals surface area contributed by atoms with E-state index in [1.165, 1.54) is 45.6 Å². The van der Waals surface area contributed by atoms with Gasteiger partial charge in [0.05, 0.1) is 6.20 Å². The highest BCUT2D eigenvalue weighted by Crippen LogP contribution is 2.23. The van der Waals surface area contributed by atoms with Gasteiger partial charge in [0.2, 0.25) is 21.9 Å². The Kier molecular flexibility index (Phi) is 5.64. The fourth-order valence-corrected chi connectivity index (χ4v) is 4.65. The van der Waals surface area contributed by atoms with Gasteiger partial charge < -0.3 is 10.1 Å². The van der Waals surface area contributed by atoms with Gasteiger partial charge in [-0.25, -0.2) is 17.8 Å². The minimum atomic E-state index is -3.54. The second-order valence-corrected chi connectivity index (χ2v) is 8.88. The Bertz CT molecular complexity index is 1110. The molecule has 3 aromatic rings. The van der Waals surface area contributed by atoms with Gasteiger partial charge in [-0.3, -0.25) is 4.68 Å². The Morgan fingerprint density at radius 2 is 1.90 bits per heavy atom. The topological polar surface area (TPSA) is 102 Å². The molecule has 0 spiro atoms. The van der Waals surface area contributed by atoms with Crippen molar-refractivity contribution < 1.29 is 17.5 Å². The first-order chi connectivity index (χ1) is 14.4. The predicted octanol–water partition coefficient (Wildman–Crippen LogP) is 2.41. The van der Waals surface area contributed by atoms with Crippen molar-refractivity contribution >= 4 is 16.0 Å². The number of piperidine rings is 1. The zero-order chi connectivity index (χ0) is 21.1. The average Bonchev–Trinajstić information content (AvgIpc) is 3.18. The Morgan fingerprint density at radius 1 is 1.17 bits per heavy atom. The summed E-state index contributed by atoms with van der Waals surface area (Å²) in [6.45, 7) is 0.779. The van der Waals surface area contributed by atoms with Gasteiger partial charge in [-0.1, -0.05) is 0 Å². The first kappa shape index (κ1) is 20.2. The van der Waals surface area contributed by atoms with E-state index in [1.54, 1.807) is 19.3 Å². The average molecular weight is 432 g/mol.